The van der Waals surface area contributed by atoms with Crippen molar-refractivity contribution in [3.63, 3.8) is 0 Å². The summed E-state index contributed by atoms with van der Waals surface area (Å²) in [6.07, 6.45) is 1.09. The van der Waals surface area contributed by atoms with E-state index >= 15 is 0 Å². The van der Waals surface area contributed by atoms with Crippen molar-refractivity contribution in [1.29, 1.82) is 5.41 Å². The maximum atomic E-state index is 6.98. The Morgan fingerprint density at radius 1 is 1.36 bits per heavy atom. The molecule has 4 heteroatoms. The van der Waals surface area contributed by atoms with Crippen LogP contribution < -0.4 is 11.5 Å². The number of hydrogen-bond acceptors (Lipinski definition) is 3. The van der Waals surface area contributed by atoms with E-state index in [0.717, 1.165) is 6.21 Å². The zero-order chi connectivity index (χ0) is 8.43. The van der Waals surface area contributed by atoms with Crippen LogP contribution in [0.1, 0.15) is 5.56 Å². The van der Waals surface area contributed by atoms with Gasteiger partial charge in [-0.1, -0.05) is 11.6 Å². The van der Waals surface area contributed by atoms with Gasteiger partial charge in [-0.2, -0.15) is 0 Å². The molecule has 0 radical (unpaired) electrons. The van der Waals surface area contributed by atoms with Gasteiger partial charge < -0.3 is 16.9 Å². The molecular weight excluding hydrogens is 162 g/mol. The minimum Gasteiger partial charge on any atom is -0.398 e. The Bertz CT molecular complexity index is 296. The van der Waals surface area contributed by atoms with Gasteiger partial charge in [0.25, 0.3) is 0 Å². The topological polar surface area (TPSA) is 75.9 Å². The van der Waals surface area contributed by atoms with Gasteiger partial charge in [0.05, 0.1) is 10.7 Å². The monoisotopic (exact) mass is 169 g/mol. The van der Waals surface area contributed by atoms with Crippen LogP contribution in [0.3, 0.4) is 0 Å². The van der Waals surface area contributed by atoms with Gasteiger partial charge in [0.15, 0.2) is 0 Å². The summed E-state index contributed by atoms with van der Waals surface area (Å²) in [5, 5.41) is 7.41. The lowest BCUT2D eigenvalue weighted by atomic mass is 10.1. The van der Waals surface area contributed by atoms with E-state index in [1.165, 1.54) is 0 Å². The minimum absolute atomic E-state index is 0.363. The number of rotatable bonds is 1. The summed E-state index contributed by atoms with van der Waals surface area (Å²) < 4.78 is 0. The molecular formula is C7H8ClN3. The van der Waals surface area contributed by atoms with Crippen molar-refractivity contribution >= 4 is 29.2 Å². The average molecular weight is 170 g/mol. The zero-order valence-electron chi connectivity index (χ0n) is 5.76. The van der Waals surface area contributed by atoms with E-state index in [0.29, 0.717) is 22.0 Å². The van der Waals surface area contributed by atoms with Crippen LogP contribution in [-0.4, -0.2) is 6.21 Å². The van der Waals surface area contributed by atoms with E-state index in [2.05, 4.69) is 0 Å². The van der Waals surface area contributed by atoms with Crippen molar-refractivity contribution in [2.75, 3.05) is 11.5 Å². The molecule has 0 aliphatic carbocycles. The number of anilines is 2. The lowest BCUT2D eigenvalue weighted by Gasteiger charge is -2.04. The molecule has 1 rings (SSSR count). The van der Waals surface area contributed by atoms with Crippen LogP contribution >= 0.6 is 11.6 Å². The first-order valence-electron chi connectivity index (χ1n) is 3.00. The third-order valence-corrected chi connectivity index (χ3v) is 1.74. The van der Waals surface area contributed by atoms with E-state index in [1.54, 1.807) is 12.1 Å². The highest BCUT2D eigenvalue weighted by atomic mass is 35.5. The van der Waals surface area contributed by atoms with Crippen molar-refractivity contribution in [2.24, 2.45) is 0 Å². The molecule has 0 saturated carbocycles. The van der Waals surface area contributed by atoms with Gasteiger partial charge in [-0.25, -0.2) is 0 Å². The van der Waals surface area contributed by atoms with Crippen molar-refractivity contribution in [1.82, 2.24) is 0 Å². The molecule has 0 aliphatic rings. The SMILES string of the molecule is N=Cc1c(N)ccc(Cl)c1N. The molecule has 0 aliphatic heterocycles. The van der Waals surface area contributed by atoms with Gasteiger partial charge >= 0.3 is 0 Å². The predicted octanol–water partition coefficient (Wildman–Crippen LogP) is 1.50. The summed E-state index contributed by atoms with van der Waals surface area (Å²) >= 11 is 5.68. The van der Waals surface area contributed by atoms with Crippen LogP contribution in [0.4, 0.5) is 11.4 Å². The quantitative estimate of drug-likeness (QED) is 0.440. The Kier molecular flexibility index (Phi) is 2.01. The van der Waals surface area contributed by atoms with Crippen molar-refractivity contribution in [3.8, 4) is 0 Å². The molecule has 58 valence electrons. The van der Waals surface area contributed by atoms with Crippen molar-refractivity contribution < 1.29 is 0 Å². The molecule has 0 unspecified atom stereocenters. The molecule has 0 heterocycles. The Morgan fingerprint density at radius 3 is 2.45 bits per heavy atom. The molecule has 1 aromatic rings. The second-order valence-corrected chi connectivity index (χ2v) is 2.52. The summed E-state index contributed by atoms with van der Waals surface area (Å²) in [4.78, 5) is 0. The predicted molar refractivity (Wildman–Crippen MR) is 48.2 cm³/mol. The lowest BCUT2D eigenvalue weighted by molar-refractivity contribution is 1.53. The molecule has 0 amide bonds. The Labute approximate surface area is 69.5 Å². The third-order valence-electron chi connectivity index (χ3n) is 1.41. The molecule has 0 fully saturated rings. The lowest BCUT2D eigenvalue weighted by Crippen LogP contribution is -1.99. The van der Waals surface area contributed by atoms with E-state index in [4.69, 9.17) is 28.5 Å². The van der Waals surface area contributed by atoms with Crippen LogP contribution in [-0.2, 0) is 0 Å². The van der Waals surface area contributed by atoms with Crippen LogP contribution in [0.25, 0.3) is 0 Å². The minimum atomic E-state index is 0.363. The van der Waals surface area contributed by atoms with Crippen molar-refractivity contribution in [2.45, 2.75) is 0 Å². The number of nitrogen functional groups attached to an aromatic ring is 2. The highest BCUT2D eigenvalue weighted by Gasteiger charge is 2.03. The maximum absolute atomic E-state index is 6.98. The second-order valence-electron chi connectivity index (χ2n) is 2.11. The summed E-state index contributed by atoms with van der Waals surface area (Å²) in [5.41, 5.74) is 12.4. The second kappa shape index (κ2) is 2.80. The van der Waals surface area contributed by atoms with Gasteiger partial charge in [0, 0.05) is 17.5 Å². The third kappa shape index (κ3) is 1.28. The first kappa shape index (κ1) is 7.88. The average Bonchev–Trinajstić information content (AvgIpc) is 1.99. The molecule has 0 spiro atoms. The molecule has 0 bridgehead atoms. The van der Waals surface area contributed by atoms with E-state index < -0.39 is 0 Å². The number of benzene rings is 1. The van der Waals surface area contributed by atoms with E-state index in [-0.39, 0.29) is 0 Å². The van der Waals surface area contributed by atoms with Crippen molar-refractivity contribution in [3.05, 3.63) is 22.7 Å². The molecule has 0 aromatic heterocycles. The number of nitrogens with two attached hydrogens (primary N) is 2. The largest absolute Gasteiger partial charge is 0.398 e. The molecule has 0 saturated heterocycles. The summed E-state index contributed by atoms with van der Waals surface area (Å²) in [7, 11) is 0. The smallest absolute Gasteiger partial charge is 0.0643 e. The highest BCUT2D eigenvalue weighted by molar-refractivity contribution is 6.34. The van der Waals surface area contributed by atoms with Crippen LogP contribution in [0.2, 0.25) is 5.02 Å². The Balaban J connectivity index is 3.40. The van der Waals surface area contributed by atoms with Gasteiger partial charge in [-0.3, -0.25) is 0 Å². The summed E-state index contributed by atoms with van der Waals surface area (Å²) in [6.45, 7) is 0. The molecule has 1 aromatic carbocycles. The molecule has 0 atom stereocenters. The van der Waals surface area contributed by atoms with E-state index in [1.807, 2.05) is 0 Å². The fourth-order valence-corrected chi connectivity index (χ4v) is 0.953. The Morgan fingerprint density at radius 2 is 2.00 bits per heavy atom. The maximum Gasteiger partial charge on any atom is 0.0643 e. The highest BCUT2D eigenvalue weighted by Crippen LogP contribution is 2.25. The normalized spacial score (nSPS) is 9.55. The first-order valence-corrected chi connectivity index (χ1v) is 3.38. The van der Waals surface area contributed by atoms with Gasteiger partial charge in [0.1, 0.15) is 0 Å². The number of nitrogens with one attached hydrogen (secondary N) is 1. The first-order chi connectivity index (χ1) is 5.16. The number of hydrogen-bond donors (Lipinski definition) is 3. The summed E-state index contributed by atoms with van der Waals surface area (Å²) in [5.74, 6) is 0. The van der Waals surface area contributed by atoms with Crippen LogP contribution in [0.15, 0.2) is 12.1 Å². The zero-order valence-corrected chi connectivity index (χ0v) is 6.52. The fraction of sp³-hybridized carbons (Fsp3) is 0. The van der Waals surface area contributed by atoms with Crippen LogP contribution in [0.5, 0.6) is 0 Å². The van der Waals surface area contributed by atoms with Crippen LogP contribution in [0, 0.1) is 5.41 Å². The van der Waals surface area contributed by atoms with E-state index in [9.17, 15) is 0 Å². The molecule has 5 N–H and O–H groups in total. The Hall–Kier alpha value is -1.22. The standard InChI is InChI=1S/C7H8ClN3/c8-5-1-2-6(10)4(3-9)7(5)11/h1-3,9H,10-11H2. The molecule has 3 nitrogen and oxygen atoms in total. The fourth-order valence-electron chi connectivity index (χ4n) is 0.788. The number of halogens is 1. The van der Waals surface area contributed by atoms with Gasteiger partial charge in [-0.15, -0.1) is 0 Å². The van der Waals surface area contributed by atoms with Gasteiger partial charge in [-0.05, 0) is 12.1 Å². The summed E-state index contributed by atoms with van der Waals surface area (Å²) in [6, 6.07) is 3.23. The molecule has 11 heavy (non-hydrogen) atoms. The van der Waals surface area contributed by atoms with Gasteiger partial charge in [0.2, 0.25) is 0 Å².